The summed E-state index contributed by atoms with van der Waals surface area (Å²) in [6.07, 6.45) is 3.44. The van der Waals surface area contributed by atoms with Gasteiger partial charge in [-0.1, -0.05) is 49.3 Å². The van der Waals surface area contributed by atoms with Crippen LogP contribution in [-0.4, -0.2) is 83.4 Å². The molecule has 1 fully saturated rings. The van der Waals surface area contributed by atoms with Crippen LogP contribution >= 0.6 is 0 Å². The summed E-state index contributed by atoms with van der Waals surface area (Å²) >= 11 is 0. The highest BCUT2D eigenvalue weighted by Gasteiger charge is 2.39. The van der Waals surface area contributed by atoms with Gasteiger partial charge in [0.1, 0.15) is 22.7 Å². The van der Waals surface area contributed by atoms with Gasteiger partial charge in [-0.3, -0.25) is 9.59 Å². The lowest BCUT2D eigenvalue weighted by atomic mass is 9.74. The molecule has 1 aliphatic heterocycles. The van der Waals surface area contributed by atoms with Crippen LogP contribution in [0.2, 0.25) is 0 Å². The van der Waals surface area contributed by atoms with Crippen molar-refractivity contribution in [1.82, 2.24) is 36.0 Å². The van der Waals surface area contributed by atoms with Crippen molar-refractivity contribution in [3.63, 3.8) is 0 Å². The number of likely N-dealkylation sites (tertiary alicyclic amines) is 1. The molecular weight excluding hydrogens is 676 g/mol. The van der Waals surface area contributed by atoms with Crippen molar-refractivity contribution in [3.8, 4) is 17.1 Å². The molecular formula is C39H48N8O6. The molecule has 1 aliphatic carbocycles. The largest absolute Gasteiger partial charge is 0.495 e. The molecule has 2 aromatic heterocycles. The molecule has 1 atom stereocenters. The fourth-order valence-corrected chi connectivity index (χ4v) is 6.63. The van der Waals surface area contributed by atoms with E-state index in [2.05, 4.69) is 57.2 Å². The van der Waals surface area contributed by atoms with Gasteiger partial charge in [-0.25, -0.2) is 14.8 Å². The molecule has 14 nitrogen and oxygen atoms in total. The maximum atomic E-state index is 13.9. The fraction of sp³-hybridized carbons (Fsp3) is 0.436. The van der Waals surface area contributed by atoms with Gasteiger partial charge in [0.2, 0.25) is 11.7 Å². The van der Waals surface area contributed by atoms with E-state index >= 15 is 0 Å². The average Bonchev–Trinajstić information content (AvgIpc) is 3.54. The number of fused-ring (bicyclic) bond motifs is 3. The molecule has 1 saturated heterocycles. The first-order chi connectivity index (χ1) is 25.2. The molecule has 0 radical (unpaired) electrons. The van der Waals surface area contributed by atoms with Crippen LogP contribution in [0.15, 0.2) is 59.3 Å². The van der Waals surface area contributed by atoms with Gasteiger partial charge < -0.3 is 40.2 Å². The zero-order chi connectivity index (χ0) is 37.9. The van der Waals surface area contributed by atoms with E-state index in [9.17, 15) is 14.4 Å². The van der Waals surface area contributed by atoms with E-state index in [1.165, 1.54) is 0 Å². The van der Waals surface area contributed by atoms with Gasteiger partial charge in [0.25, 0.3) is 11.8 Å². The summed E-state index contributed by atoms with van der Waals surface area (Å²) in [6.45, 7) is 11.4. The number of benzene rings is 2. The average molecular weight is 725 g/mol. The zero-order valence-corrected chi connectivity index (χ0v) is 31.3. The Hall–Kier alpha value is -5.50. The highest BCUT2D eigenvalue weighted by Crippen LogP contribution is 2.43. The van der Waals surface area contributed by atoms with Crippen LogP contribution in [0.5, 0.6) is 5.75 Å². The third-order valence-corrected chi connectivity index (χ3v) is 9.48. The number of hydrogen-bond donors (Lipinski definition) is 4. The second kappa shape index (κ2) is 15.2. The molecule has 14 heteroatoms. The Morgan fingerprint density at radius 1 is 1.04 bits per heavy atom. The Bertz CT molecular complexity index is 1960. The molecule has 1 unspecified atom stereocenters. The van der Waals surface area contributed by atoms with Gasteiger partial charge in [-0.15, -0.1) is 0 Å². The third kappa shape index (κ3) is 8.76. The summed E-state index contributed by atoms with van der Waals surface area (Å²) in [7, 11) is 3.63. The molecule has 2 aromatic carbocycles. The molecule has 280 valence electrons. The number of nitrogens with zero attached hydrogens (tertiary/aromatic N) is 4. The second-order valence-electron chi connectivity index (χ2n) is 15.3. The van der Waals surface area contributed by atoms with Crippen molar-refractivity contribution in [2.24, 2.45) is 0 Å². The number of nitrogens with one attached hydrogen (secondary N) is 4. The van der Waals surface area contributed by atoms with Crippen molar-refractivity contribution in [2.75, 3.05) is 39.1 Å². The highest BCUT2D eigenvalue weighted by molar-refractivity contribution is 5.96. The van der Waals surface area contributed by atoms with Crippen LogP contribution in [0.3, 0.4) is 0 Å². The van der Waals surface area contributed by atoms with E-state index < -0.39 is 29.1 Å². The Balaban J connectivity index is 1.21. The number of carbonyl (C=O) groups excluding carboxylic acids is 3. The lowest BCUT2D eigenvalue weighted by Crippen LogP contribution is -2.43. The summed E-state index contributed by atoms with van der Waals surface area (Å²) in [5.74, 6) is 0.179. The SMILES string of the molecule is COc1cc(C(=O)NC2CCN(C)CC2)ccc1Nc1ncc2c(n1)-c1noc(C(=O)NC(CNC(=O)OC(C)(C)C)c3ccccc3)c1CC2(C)C. The number of hydrogen-bond acceptors (Lipinski definition) is 11. The van der Waals surface area contributed by atoms with Gasteiger partial charge in [0.15, 0.2) is 0 Å². The van der Waals surface area contributed by atoms with Crippen LogP contribution in [0.4, 0.5) is 16.4 Å². The van der Waals surface area contributed by atoms with Gasteiger partial charge in [0.05, 0.1) is 18.8 Å². The summed E-state index contributed by atoms with van der Waals surface area (Å²) in [4.78, 5) is 51.1. The summed E-state index contributed by atoms with van der Waals surface area (Å²) in [5.41, 5.74) is 3.19. The van der Waals surface area contributed by atoms with Crippen LogP contribution in [0.25, 0.3) is 11.4 Å². The normalized spacial score (nSPS) is 16.1. The summed E-state index contributed by atoms with van der Waals surface area (Å²) in [6, 6.07) is 14.1. The zero-order valence-electron chi connectivity index (χ0n) is 31.3. The van der Waals surface area contributed by atoms with E-state index in [1.807, 2.05) is 30.3 Å². The van der Waals surface area contributed by atoms with Crippen LogP contribution in [0, 0.1) is 0 Å². The van der Waals surface area contributed by atoms with Gasteiger partial charge in [-0.2, -0.15) is 0 Å². The summed E-state index contributed by atoms with van der Waals surface area (Å²) in [5, 5.41) is 16.5. The lowest BCUT2D eigenvalue weighted by Gasteiger charge is -2.30. The number of amides is 3. The third-order valence-electron chi connectivity index (χ3n) is 9.48. The minimum absolute atomic E-state index is 0.0702. The molecule has 0 saturated carbocycles. The maximum absolute atomic E-state index is 13.9. The van der Waals surface area contributed by atoms with E-state index in [1.54, 1.807) is 52.3 Å². The summed E-state index contributed by atoms with van der Waals surface area (Å²) < 4.78 is 16.8. The molecule has 3 amide bonds. The van der Waals surface area contributed by atoms with Crippen LogP contribution in [0.1, 0.15) is 91.1 Å². The fourth-order valence-electron chi connectivity index (χ4n) is 6.63. The number of piperidine rings is 1. The smallest absolute Gasteiger partial charge is 0.407 e. The first-order valence-electron chi connectivity index (χ1n) is 17.8. The van der Waals surface area contributed by atoms with Gasteiger partial charge in [0, 0.05) is 35.5 Å². The Morgan fingerprint density at radius 3 is 2.47 bits per heavy atom. The van der Waals surface area contributed by atoms with Gasteiger partial charge >= 0.3 is 6.09 Å². The van der Waals surface area contributed by atoms with Crippen molar-refractivity contribution in [3.05, 3.63) is 82.7 Å². The van der Waals surface area contributed by atoms with E-state index in [0.717, 1.165) is 37.1 Å². The monoisotopic (exact) mass is 724 g/mol. The van der Waals surface area contributed by atoms with E-state index in [4.69, 9.17) is 19.0 Å². The second-order valence-corrected chi connectivity index (χ2v) is 15.3. The molecule has 53 heavy (non-hydrogen) atoms. The first-order valence-corrected chi connectivity index (χ1v) is 17.8. The predicted molar refractivity (Wildman–Crippen MR) is 199 cm³/mol. The molecule has 2 aliphatic rings. The lowest BCUT2D eigenvalue weighted by molar-refractivity contribution is 0.0519. The number of anilines is 2. The van der Waals surface area contributed by atoms with Crippen LogP contribution in [-0.2, 0) is 16.6 Å². The number of alkyl carbamates (subject to hydrolysis) is 1. The molecule has 0 bridgehead atoms. The number of ether oxygens (including phenoxy) is 2. The quantitative estimate of drug-likeness (QED) is 0.162. The first kappa shape index (κ1) is 37.3. The Labute approximate surface area is 309 Å². The van der Waals surface area contributed by atoms with Crippen molar-refractivity contribution in [1.29, 1.82) is 0 Å². The number of carbonyl (C=O) groups is 3. The molecule has 4 N–H and O–H groups in total. The highest BCUT2D eigenvalue weighted by atomic mass is 16.6. The minimum Gasteiger partial charge on any atom is -0.495 e. The standard InChI is InChI=1S/C39H48N8O6/c1-38(2,3)52-37(50)41-22-29(23-11-9-8-10-12-23)43-35(49)33-26-20-39(4,5)27-21-40-36(45-32(27)31(26)46-53-33)44-28-14-13-24(19-30(28)51-7)34(48)42-25-15-17-47(6)18-16-25/h8-14,19,21,25,29H,15-18,20,22H2,1-7H3,(H,41,50)(H,42,48)(H,43,49)(H,40,44,45). The Morgan fingerprint density at radius 2 is 1.77 bits per heavy atom. The van der Waals surface area contributed by atoms with Crippen molar-refractivity contribution >= 4 is 29.5 Å². The van der Waals surface area contributed by atoms with Crippen LogP contribution < -0.4 is 26.0 Å². The molecule has 3 heterocycles. The molecule has 4 aromatic rings. The minimum atomic E-state index is -0.669. The van der Waals surface area contributed by atoms with Crippen molar-refractivity contribution in [2.45, 2.75) is 77.0 Å². The molecule has 6 rings (SSSR count). The Kier molecular flexibility index (Phi) is 10.7. The number of rotatable bonds is 10. The van der Waals surface area contributed by atoms with Gasteiger partial charge in [-0.05, 0) is 89.3 Å². The molecule has 0 spiro atoms. The topological polar surface area (TPSA) is 173 Å². The van der Waals surface area contributed by atoms with E-state index in [-0.39, 0.29) is 30.2 Å². The van der Waals surface area contributed by atoms with E-state index in [0.29, 0.717) is 40.4 Å². The maximum Gasteiger partial charge on any atom is 0.407 e. The predicted octanol–water partition coefficient (Wildman–Crippen LogP) is 5.54. The van der Waals surface area contributed by atoms with Crippen molar-refractivity contribution < 1.29 is 28.4 Å². The number of methoxy groups -OCH3 is 1. The number of aromatic nitrogens is 3.